The van der Waals surface area contributed by atoms with Gasteiger partial charge in [0, 0.05) is 24.7 Å². The van der Waals surface area contributed by atoms with Crippen molar-refractivity contribution in [1.29, 1.82) is 0 Å². The first-order valence-corrected chi connectivity index (χ1v) is 7.18. The summed E-state index contributed by atoms with van der Waals surface area (Å²) in [4.78, 5) is 0. The summed E-state index contributed by atoms with van der Waals surface area (Å²) in [5.41, 5.74) is 6.78. The van der Waals surface area contributed by atoms with Gasteiger partial charge in [0.1, 0.15) is 0 Å². The highest BCUT2D eigenvalue weighted by Crippen LogP contribution is 2.44. The number of nitrogens with one attached hydrogen (secondary N) is 1. The van der Waals surface area contributed by atoms with Crippen LogP contribution in [0, 0.1) is 5.41 Å². The van der Waals surface area contributed by atoms with E-state index in [9.17, 15) is 0 Å². The van der Waals surface area contributed by atoms with Gasteiger partial charge in [-0.15, -0.1) is 0 Å². The van der Waals surface area contributed by atoms with Crippen molar-refractivity contribution in [1.82, 2.24) is 5.32 Å². The van der Waals surface area contributed by atoms with Crippen LogP contribution in [-0.2, 0) is 4.74 Å². The minimum Gasteiger partial charge on any atom is -0.380 e. The maximum Gasteiger partial charge on any atom is 0.0693 e. The van der Waals surface area contributed by atoms with E-state index in [2.05, 4.69) is 39.9 Å². The van der Waals surface area contributed by atoms with Crippen LogP contribution in [0.25, 0.3) is 0 Å². The molecule has 0 spiro atoms. The van der Waals surface area contributed by atoms with E-state index in [-0.39, 0.29) is 11.1 Å². The first-order chi connectivity index (χ1) is 8.11. The SMILES string of the molecule is CCC(CNC1(C)CC(C)(C)CC(C)(N)C1)OC. The molecule has 1 fully saturated rings. The Kier molecular flexibility index (Phi) is 4.85. The topological polar surface area (TPSA) is 47.3 Å². The van der Waals surface area contributed by atoms with Gasteiger partial charge in [0.2, 0.25) is 0 Å². The van der Waals surface area contributed by atoms with Gasteiger partial charge in [0.05, 0.1) is 6.10 Å². The van der Waals surface area contributed by atoms with Crippen LogP contribution in [0.3, 0.4) is 0 Å². The van der Waals surface area contributed by atoms with E-state index in [1.54, 1.807) is 7.11 Å². The van der Waals surface area contributed by atoms with Gasteiger partial charge < -0.3 is 15.8 Å². The summed E-state index contributed by atoms with van der Waals surface area (Å²) in [5, 5.41) is 3.71. The Hall–Kier alpha value is -0.120. The van der Waals surface area contributed by atoms with Gasteiger partial charge in [-0.2, -0.15) is 0 Å². The minimum absolute atomic E-state index is 0.0711. The third-order valence-corrected chi connectivity index (χ3v) is 4.09. The maximum absolute atomic E-state index is 6.43. The summed E-state index contributed by atoms with van der Waals surface area (Å²) in [7, 11) is 1.79. The third kappa shape index (κ3) is 4.52. The zero-order valence-corrected chi connectivity index (χ0v) is 13.1. The Bertz CT molecular complexity index is 254. The fraction of sp³-hybridized carbons (Fsp3) is 1.00. The maximum atomic E-state index is 6.43. The predicted octanol–water partition coefficient (Wildman–Crippen LogP) is 2.69. The lowest BCUT2D eigenvalue weighted by Gasteiger charge is -2.51. The highest BCUT2D eigenvalue weighted by atomic mass is 16.5. The molecular weight excluding hydrogens is 224 g/mol. The molecule has 18 heavy (non-hydrogen) atoms. The molecule has 3 nitrogen and oxygen atoms in total. The average molecular weight is 256 g/mol. The fourth-order valence-electron chi connectivity index (χ4n) is 4.11. The largest absolute Gasteiger partial charge is 0.380 e. The molecule has 1 saturated carbocycles. The summed E-state index contributed by atoms with van der Waals surface area (Å²) < 4.78 is 5.45. The third-order valence-electron chi connectivity index (χ3n) is 4.09. The Labute approximate surface area is 113 Å². The lowest BCUT2D eigenvalue weighted by molar-refractivity contribution is 0.0489. The Morgan fingerprint density at radius 2 is 1.78 bits per heavy atom. The summed E-state index contributed by atoms with van der Waals surface area (Å²) in [6.07, 6.45) is 4.65. The standard InChI is InChI=1S/C15H32N2O/c1-7-12(18-6)8-17-15(5)10-13(2,3)9-14(4,16)11-15/h12,17H,7-11,16H2,1-6H3. The van der Waals surface area contributed by atoms with Crippen LogP contribution in [0.1, 0.15) is 60.3 Å². The number of ether oxygens (including phenoxy) is 1. The van der Waals surface area contributed by atoms with Crippen molar-refractivity contribution in [2.45, 2.75) is 77.5 Å². The van der Waals surface area contributed by atoms with E-state index >= 15 is 0 Å². The number of rotatable bonds is 5. The molecule has 0 bridgehead atoms. The average Bonchev–Trinajstić information content (AvgIpc) is 2.13. The van der Waals surface area contributed by atoms with Gasteiger partial charge in [0.15, 0.2) is 0 Å². The molecule has 0 amide bonds. The molecule has 0 aromatic rings. The van der Waals surface area contributed by atoms with Gasteiger partial charge in [-0.1, -0.05) is 20.8 Å². The van der Waals surface area contributed by atoms with Gasteiger partial charge in [-0.25, -0.2) is 0 Å². The van der Waals surface area contributed by atoms with Crippen molar-refractivity contribution < 1.29 is 4.74 Å². The van der Waals surface area contributed by atoms with E-state index < -0.39 is 0 Å². The molecule has 3 atom stereocenters. The lowest BCUT2D eigenvalue weighted by atomic mass is 9.62. The van der Waals surface area contributed by atoms with E-state index in [1.807, 2.05) is 0 Å². The smallest absolute Gasteiger partial charge is 0.0693 e. The van der Waals surface area contributed by atoms with Crippen molar-refractivity contribution in [3.8, 4) is 0 Å². The second-order valence-corrected chi connectivity index (χ2v) is 7.56. The van der Waals surface area contributed by atoms with Crippen molar-refractivity contribution in [2.24, 2.45) is 11.1 Å². The second kappa shape index (κ2) is 5.48. The van der Waals surface area contributed by atoms with Crippen molar-refractivity contribution in [2.75, 3.05) is 13.7 Å². The van der Waals surface area contributed by atoms with Crippen LogP contribution in [-0.4, -0.2) is 30.8 Å². The molecule has 0 saturated heterocycles. The van der Waals surface area contributed by atoms with Crippen LogP contribution in [0.15, 0.2) is 0 Å². The fourth-order valence-corrected chi connectivity index (χ4v) is 4.11. The van der Waals surface area contributed by atoms with Gasteiger partial charge in [-0.05, 0) is 44.9 Å². The molecule has 0 aliphatic heterocycles. The summed E-state index contributed by atoms with van der Waals surface area (Å²) in [6.45, 7) is 12.2. The zero-order chi connectivity index (χ0) is 14.0. The quantitative estimate of drug-likeness (QED) is 0.795. The molecule has 0 aromatic carbocycles. The zero-order valence-electron chi connectivity index (χ0n) is 13.1. The van der Waals surface area contributed by atoms with Crippen molar-refractivity contribution in [3.05, 3.63) is 0 Å². The monoisotopic (exact) mass is 256 g/mol. The molecule has 0 radical (unpaired) electrons. The van der Waals surface area contributed by atoms with E-state index in [0.29, 0.717) is 11.5 Å². The summed E-state index contributed by atoms with van der Waals surface area (Å²) in [6, 6.07) is 0. The van der Waals surface area contributed by atoms with Crippen LogP contribution < -0.4 is 11.1 Å². The lowest BCUT2D eigenvalue weighted by Crippen LogP contribution is -2.60. The van der Waals surface area contributed by atoms with Crippen molar-refractivity contribution >= 4 is 0 Å². The Morgan fingerprint density at radius 1 is 1.17 bits per heavy atom. The number of hydrogen-bond acceptors (Lipinski definition) is 3. The molecule has 108 valence electrons. The minimum atomic E-state index is -0.0711. The Morgan fingerprint density at radius 3 is 2.22 bits per heavy atom. The predicted molar refractivity (Wildman–Crippen MR) is 77.7 cm³/mol. The van der Waals surface area contributed by atoms with Gasteiger partial charge in [0.25, 0.3) is 0 Å². The highest BCUT2D eigenvalue weighted by Gasteiger charge is 2.45. The first kappa shape index (κ1) is 15.9. The molecule has 3 heteroatoms. The van der Waals surface area contributed by atoms with Crippen LogP contribution in [0.5, 0.6) is 0 Å². The molecule has 3 N–H and O–H groups in total. The molecule has 0 aromatic heterocycles. The van der Waals surface area contributed by atoms with Gasteiger partial charge in [-0.3, -0.25) is 0 Å². The second-order valence-electron chi connectivity index (χ2n) is 7.56. The molecule has 3 unspecified atom stereocenters. The van der Waals surface area contributed by atoms with Gasteiger partial charge >= 0.3 is 0 Å². The molecule has 1 aliphatic carbocycles. The first-order valence-electron chi connectivity index (χ1n) is 7.18. The normalized spacial score (nSPS) is 37.5. The van der Waals surface area contributed by atoms with Crippen molar-refractivity contribution in [3.63, 3.8) is 0 Å². The number of hydrogen-bond donors (Lipinski definition) is 2. The molecular formula is C15H32N2O. The molecule has 0 heterocycles. The van der Waals surface area contributed by atoms with E-state index in [4.69, 9.17) is 10.5 Å². The highest BCUT2D eigenvalue weighted by molar-refractivity contribution is 5.04. The van der Waals surface area contributed by atoms with Crippen LogP contribution in [0.4, 0.5) is 0 Å². The number of nitrogens with two attached hydrogens (primary N) is 1. The Balaban J connectivity index is 2.66. The van der Waals surface area contributed by atoms with Crippen LogP contribution >= 0.6 is 0 Å². The van der Waals surface area contributed by atoms with Crippen LogP contribution in [0.2, 0.25) is 0 Å². The van der Waals surface area contributed by atoms with E-state index in [0.717, 1.165) is 25.8 Å². The molecule has 1 rings (SSSR count). The number of methoxy groups -OCH3 is 1. The van der Waals surface area contributed by atoms with E-state index in [1.165, 1.54) is 6.42 Å². The summed E-state index contributed by atoms with van der Waals surface area (Å²) in [5.74, 6) is 0. The molecule has 1 aliphatic rings. The summed E-state index contributed by atoms with van der Waals surface area (Å²) >= 11 is 0.